The van der Waals surface area contributed by atoms with Gasteiger partial charge in [-0.05, 0) is 5.56 Å². The zero-order valence-corrected chi connectivity index (χ0v) is 6.53. The Morgan fingerprint density at radius 2 is 2.00 bits per heavy atom. The van der Waals surface area contributed by atoms with Crippen LogP contribution < -0.4 is 0 Å². The van der Waals surface area contributed by atoms with Crippen molar-refractivity contribution >= 4 is 6.21 Å². The molecule has 0 N–H and O–H groups in total. The Morgan fingerprint density at radius 1 is 1.36 bits per heavy atom. The molecule has 0 aromatic heterocycles. The number of nitrogens with zero attached hydrogens (tertiary/aromatic N) is 1. The van der Waals surface area contributed by atoms with Crippen molar-refractivity contribution < 1.29 is 4.74 Å². The van der Waals surface area contributed by atoms with Crippen LogP contribution in [0.25, 0.3) is 0 Å². The number of hydrogen-bond donors (Lipinski definition) is 0. The molecule has 11 heavy (non-hydrogen) atoms. The van der Waals surface area contributed by atoms with E-state index in [2.05, 4.69) is 0 Å². The van der Waals surface area contributed by atoms with Crippen LogP contribution in [0.1, 0.15) is 5.56 Å². The SMILES string of the molecule is C[N+]([O-])=CCc1ccccc1. The summed E-state index contributed by atoms with van der Waals surface area (Å²) in [4.78, 5) is 0. The van der Waals surface area contributed by atoms with Gasteiger partial charge in [-0.15, -0.1) is 0 Å². The third-order valence-corrected chi connectivity index (χ3v) is 1.43. The minimum absolute atomic E-state index is 0.709. The Morgan fingerprint density at radius 3 is 2.55 bits per heavy atom. The van der Waals surface area contributed by atoms with Crippen molar-refractivity contribution in [1.29, 1.82) is 0 Å². The van der Waals surface area contributed by atoms with Crippen molar-refractivity contribution in [3.8, 4) is 0 Å². The maximum atomic E-state index is 10.5. The summed E-state index contributed by atoms with van der Waals surface area (Å²) in [5, 5.41) is 10.5. The smallest absolute Gasteiger partial charge is 0.155 e. The van der Waals surface area contributed by atoms with E-state index in [1.54, 1.807) is 6.21 Å². The summed E-state index contributed by atoms with van der Waals surface area (Å²) in [6.07, 6.45) is 2.32. The molecule has 0 aliphatic rings. The topological polar surface area (TPSA) is 26.1 Å². The number of hydrogen-bond acceptors (Lipinski definition) is 1. The zero-order chi connectivity index (χ0) is 8.10. The van der Waals surface area contributed by atoms with Crippen LogP contribution in [0.5, 0.6) is 0 Å². The number of benzene rings is 1. The van der Waals surface area contributed by atoms with Crippen molar-refractivity contribution in [2.75, 3.05) is 7.05 Å². The van der Waals surface area contributed by atoms with Crippen LogP contribution in [0, 0.1) is 5.21 Å². The molecule has 0 unspecified atom stereocenters. The maximum absolute atomic E-state index is 10.5. The zero-order valence-electron chi connectivity index (χ0n) is 6.53. The van der Waals surface area contributed by atoms with Gasteiger partial charge in [0.05, 0.1) is 6.42 Å². The van der Waals surface area contributed by atoms with E-state index in [-0.39, 0.29) is 0 Å². The van der Waals surface area contributed by atoms with Gasteiger partial charge in [-0.25, -0.2) is 4.74 Å². The fourth-order valence-electron chi connectivity index (χ4n) is 0.848. The molecular formula is C9H11NO. The van der Waals surface area contributed by atoms with Gasteiger partial charge in [-0.1, -0.05) is 30.3 Å². The lowest BCUT2D eigenvalue weighted by molar-refractivity contribution is -0.418. The van der Waals surface area contributed by atoms with Crippen LogP contribution in [0.4, 0.5) is 0 Å². The highest BCUT2D eigenvalue weighted by Crippen LogP contribution is 1.96. The fraction of sp³-hybridized carbons (Fsp3) is 0.222. The monoisotopic (exact) mass is 149 g/mol. The van der Waals surface area contributed by atoms with Crippen LogP contribution in [-0.2, 0) is 6.42 Å². The van der Waals surface area contributed by atoms with Gasteiger partial charge in [-0.2, -0.15) is 0 Å². The molecule has 0 aliphatic heterocycles. The Kier molecular flexibility index (Phi) is 2.66. The first-order valence-electron chi connectivity index (χ1n) is 3.56. The second kappa shape index (κ2) is 3.76. The van der Waals surface area contributed by atoms with Gasteiger partial charge >= 0.3 is 0 Å². The predicted molar refractivity (Wildman–Crippen MR) is 45.8 cm³/mol. The second-order valence-corrected chi connectivity index (χ2v) is 2.42. The van der Waals surface area contributed by atoms with Crippen molar-refractivity contribution in [3.63, 3.8) is 0 Å². The highest BCUT2D eigenvalue weighted by molar-refractivity contribution is 5.56. The summed E-state index contributed by atoms with van der Waals surface area (Å²) in [5.41, 5.74) is 1.16. The first-order valence-corrected chi connectivity index (χ1v) is 3.56. The Labute approximate surface area is 66.4 Å². The largest absolute Gasteiger partial charge is 0.624 e. The molecule has 0 radical (unpaired) electrons. The minimum Gasteiger partial charge on any atom is -0.624 e. The average molecular weight is 149 g/mol. The Hall–Kier alpha value is -1.31. The summed E-state index contributed by atoms with van der Waals surface area (Å²) in [6.45, 7) is 0. The van der Waals surface area contributed by atoms with Gasteiger partial charge in [0.2, 0.25) is 0 Å². The van der Waals surface area contributed by atoms with Crippen molar-refractivity contribution in [1.82, 2.24) is 0 Å². The lowest BCUT2D eigenvalue weighted by Gasteiger charge is -1.95. The van der Waals surface area contributed by atoms with Crippen molar-refractivity contribution in [2.45, 2.75) is 6.42 Å². The maximum Gasteiger partial charge on any atom is 0.155 e. The van der Waals surface area contributed by atoms with Gasteiger partial charge < -0.3 is 5.21 Å². The van der Waals surface area contributed by atoms with E-state index in [4.69, 9.17) is 0 Å². The molecule has 0 atom stereocenters. The third-order valence-electron chi connectivity index (χ3n) is 1.43. The molecule has 0 fully saturated rings. The van der Waals surface area contributed by atoms with E-state index in [0.717, 1.165) is 10.3 Å². The molecule has 0 amide bonds. The molecule has 0 spiro atoms. The summed E-state index contributed by atoms with van der Waals surface area (Å²) < 4.78 is 0.826. The second-order valence-electron chi connectivity index (χ2n) is 2.42. The average Bonchev–Trinajstić information content (AvgIpc) is 2.03. The molecule has 1 rings (SSSR count). The Bertz CT molecular complexity index is 237. The third kappa shape index (κ3) is 2.85. The van der Waals surface area contributed by atoms with Crippen LogP contribution >= 0.6 is 0 Å². The van der Waals surface area contributed by atoms with Crippen LogP contribution in [-0.4, -0.2) is 18.0 Å². The summed E-state index contributed by atoms with van der Waals surface area (Å²) >= 11 is 0. The Balaban J connectivity index is 2.59. The van der Waals surface area contributed by atoms with Gasteiger partial charge in [-0.3, -0.25) is 0 Å². The van der Waals surface area contributed by atoms with E-state index in [1.165, 1.54) is 7.05 Å². The van der Waals surface area contributed by atoms with Gasteiger partial charge in [0.25, 0.3) is 0 Å². The van der Waals surface area contributed by atoms with E-state index >= 15 is 0 Å². The summed E-state index contributed by atoms with van der Waals surface area (Å²) in [7, 11) is 1.49. The molecule has 58 valence electrons. The van der Waals surface area contributed by atoms with E-state index in [9.17, 15) is 5.21 Å². The molecule has 1 aromatic rings. The van der Waals surface area contributed by atoms with Crippen molar-refractivity contribution in [3.05, 3.63) is 41.1 Å². The van der Waals surface area contributed by atoms with Gasteiger partial charge in [0, 0.05) is 0 Å². The lowest BCUT2D eigenvalue weighted by atomic mass is 10.2. The molecule has 0 aliphatic carbocycles. The molecule has 0 heterocycles. The molecular weight excluding hydrogens is 138 g/mol. The van der Waals surface area contributed by atoms with E-state index < -0.39 is 0 Å². The molecule has 0 saturated carbocycles. The fourth-order valence-corrected chi connectivity index (χ4v) is 0.848. The normalized spacial score (nSPS) is 11.5. The van der Waals surface area contributed by atoms with Crippen molar-refractivity contribution in [2.24, 2.45) is 0 Å². The molecule has 2 heteroatoms. The quantitative estimate of drug-likeness (QED) is 0.270. The molecule has 1 aromatic carbocycles. The van der Waals surface area contributed by atoms with Gasteiger partial charge in [0.15, 0.2) is 6.21 Å². The molecule has 0 bridgehead atoms. The predicted octanol–water partition coefficient (Wildman–Crippen LogP) is 1.44. The van der Waals surface area contributed by atoms with Crippen LogP contribution in [0.2, 0.25) is 0 Å². The van der Waals surface area contributed by atoms with E-state index in [0.29, 0.717) is 6.42 Å². The lowest BCUT2D eigenvalue weighted by Crippen LogP contribution is -1.98. The highest BCUT2D eigenvalue weighted by Gasteiger charge is 1.88. The van der Waals surface area contributed by atoms with Gasteiger partial charge in [0.1, 0.15) is 7.05 Å². The number of rotatable bonds is 2. The van der Waals surface area contributed by atoms with Crippen LogP contribution in [0.15, 0.2) is 30.3 Å². The number of hydroxylamine groups is 1. The standard InChI is InChI=1S/C9H11NO/c1-10(11)8-7-9-5-3-2-4-6-9/h2-6,8H,7H2,1H3. The summed E-state index contributed by atoms with van der Waals surface area (Å²) in [6, 6.07) is 9.90. The van der Waals surface area contributed by atoms with E-state index in [1.807, 2.05) is 30.3 Å². The minimum atomic E-state index is 0.709. The first kappa shape index (κ1) is 7.79. The highest BCUT2D eigenvalue weighted by atomic mass is 16.5. The van der Waals surface area contributed by atoms with Crippen LogP contribution in [0.3, 0.4) is 0 Å². The molecule has 2 nitrogen and oxygen atoms in total. The summed E-state index contributed by atoms with van der Waals surface area (Å²) in [5.74, 6) is 0. The molecule has 0 saturated heterocycles. The first-order chi connectivity index (χ1) is 5.29.